The maximum absolute atomic E-state index is 11.9. The standard InChI is InChI=1S/C19H23ClN4O4S/c20-14-6-1-4-12(10-15-17(25)23-19(27)29-15)16(14)24-8-2-5-13(11-24)22-7-3-9-28-18(21)26/h1,4,6,10,13,22H,2-3,5,7-9,11H2,(H2,21,26)(H,23,25,27). The predicted molar refractivity (Wildman–Crippen MR) is 114 cm³/mol. The third-order valence-electron chi connectivity index (χ3n) is 4.68. The quantitative estimate of drug-likeness (QED) is 0.443. The fourth-order valence-electron chi connectivity index (χ4n) is 3.44. The van der Waals surface area contributed by atoms with Gasteiger partial charge in [-0.3, -0.25) is 14.9 Å². The van der Waals surface area contributed by atoms with Crippen molar-refractivity contribution in [1.29, 1.82) is 0 Å². The van der Waals surface area contributed by atoms with Gasteiger partial charge in [-0.15, -0.1) is 0 Å². The average Bonchev–Trinajstić information content (AvgIpc) is 2.98. The fourth-order valence-corrected chi connectivity index (χ4v) is 4.42. The molecule has 1 atom stereocenters. The molecule has 0 bridgehead atoms. The summed E-state index contributed by atoms with van der Waals surface area (Å²) < 4.78 is 4.74. The summed E-state index contributed by atoms with van der Waals surface area (Å²) in [5, 5.41) is 5.98. The number of para-hydroxylation sites is 1. The fraction of sp³-hybridized carbons (Fsp3) is 0.421. The van der Waals surface area contributed by atoms with Gasteiger partial charge >= 0.3 is 6.09 Å². The van der Waals surface area contributed by atoms with Gasteiger partial charge in [-0.25, -0.2) is 4.79 Å². The first-order chi connectivity index (χ1) is 13.9. The molecule has 1 unspecified atom stereocenters. The zero-order valence-electron chi connectivity index (χ0n) is 15.8. The Morgan fingerprint density at radius 2 is 2.28 bits per heavy atom. The van der Waals surface area contributed by atoms with Crippen LogP contribution in [-0.2, 0) is 9.53 Å². The van der Waals surface area contributed by atoms with Gasteiger partial charge in [-0.1, -0.05) is 23.7 Å². The van der Waals surface area contributed by atoms with Crippen molar-refractivity contribution in [2.45, 2.75) is 25.3 Å². The lowest BCUT2D eigenvalue weighted by Crippen LogP contribution is -2.46. The van der Waals surface area contributed by atoms with Crippen molar-refractivity contribution in [2.75, 3.05) is 31.1 Å². The van der Waals surface area contributed by atoms with Gasteiger partial charge in [0.15, 0.2) is 0 Å². The summed E-state index contributed by atoms with van der Waals surface area (Å²) in [7, 11) is 0. The van der Waals surface area contributed by atoms with Crippen LogP contribution in [0.2, 0.25) is 5.02 Å². The van der Waals surface area contributed by atoms with Crippen molar-refractivity contribution in [3.63, 3.8) is 0 Å². The topological polar surface area (TPSA) is 114 Å². The molecule has 0 saturated carbocycles. The van der Waals surface area contributed by atoms with Gasteiger partial charge in [0.25, 0.3) is 11.1 Å². The Morgan fingerprint density at radius 1 is 1.45 bits per heavy atom. The molecule has 2 aliphatic heterocycles. The van der Waals surface area contributed by atoms with Crippen LogP contribution in [0.3, 0.4) is 0 Å². The summed E-state index contributed by atoms with van der Waals surface area (Å²) in [4.78, 5) is 36.5. The van der Waals surface area contributed by atoms with E-state index in [9.17, 15) is 14.4 Å². The van der Waals surface area contributed by atoms with Gasteiger partial charge in [0.2, 0.25) is 0 Å². The van der Waals surface area contributed by atoms with Gasteiger partial charge in [0.05, 0.1) is 22.2 Å². The SMILES string of the molecule is NC(=O)OCCCNC1CCCN(c2c(Cl)cccc2C=C2SC(=O)NC2=O)C1. The molecule has 0 aliphatic carbocycles. The van der Waals surface area contributed by atoms with E-state index in [1.54, 1.807) is 6.08 Å². The Balaban J connectivity index is 1.68. The number of amides is 3. The van der Waals surface area contributed by atoms with E-state index < -0.39 is 6.09 Å². The van der Waals surface area contributed by atoms with Crippen LogP contribution in [0.4, 0.5) is 15.3 Å². The lowest BCUT2D eigenvalue weighted by atomic mass is 10.0. The number of thioether (sulfide) groups is 1. The molecule has 1 aromatic carbocycles. The van der Waals surface area contributed by atoms with E-state index in [1.807, 2.05) is 18.2 Å². The zero-order chi connectivity index (χ0) is 20.8. The molecule has 3 rings (SSSR count). The minimum atomic E-state index is -0.759. The van der Waals surface area contributed by atoms with Crippen LogP contribution in [-0.4, -0.2) is 49.5 Å². The van der Waals surface area contributed by atoms with Gasteiger partial charge < -0.3 is 20.7 Å². The van der Waals surface area contributed by atoms with Crippen molar-refractivity contribution in [3.8, 4) is 0 Å². The highest BCUT2D eigenvalue weighted by molar-refractivity contribution is 8.18. The molecule has 0 radical (unpaired) electrons. The van der Waals surface area contributed by atoms with Crippen LogP contribution >= 0.6 is 23.4 Å². The number of anilines is 1. The van der Waals surface area contributed by atoms with E-state index in [-0.39, 0.29) is 17.2 Å². The van der Waals surface area contributed by atoms with Crippen LogP contribution < -0.4 is 21.3 Å². The highest BCUT2D eigenvalue weighted by Gasteiger charge is 2.27. The molecule has 2 fully saturated rings. The largest absolute Gasteiger partial charge is 0.450 e. The zero-order valence-corrected chi connectivity index (χ0v) is 17.4. The van der Waals surface area contributed by atoms with Gasteiger partial charge in [0.1, 0.15) is 0 Å². The number of carbonyl (C=O) groups excluding carboxylic acids is 3. The van der Waals surface area contributed by atoms with E-state index >= 15 is 0 Å². The number of nitrogens with zero attached hydrogens (tertiary/aromatic N) is 1. The maximum Gasteiger partial charge on any atom is 0.404 e. The number of piperidine rings is 1. The normalized spacial score (nSPS) is 20.8. The van der Waals surface area contributed by atoms with Crippen molar-refractivity contribution in [2.24, 2.45) is 5.73 Å². The lowest BCUT2D eigenvalue weighted by molar-refractivity contribution is -0.115. The molecule has 10 heteroatoms. The summed E-state index contributed by atoms with van der Waals surface area (Å²) in [5.74, 6) is -0.387. The van der Waals surface area contributed by atoms with E-state index in [1.165, 1.54) is 0 Å². The molecule has 0 spiro atoms. The van der Waals surface area contributed by atoms with Crippen LogP contribution in [0, 0.1) is 0 Å². The molecule has 0 aromatic heterocycles. The number of ether oxygens (including phenoxy) is 1. The number of nitrogens with two attached hydrogens (primary N) is 1. The van der Waals surface area contributed by atoms with E-state index in [4.69, 9.17) is 22.1 Å². The van der Waals surface area contributed by atoms with Crippen LogP contribution in [0.25, 0.3) is 6.08 Å². The highest BCUT2D eigenvalue weighted by atomic mass is 35.5. The average molecular weight is 439 g/mol. The van der Waals surface area contributed by atoms with E-state index in [2.05, 4.69) is 15.5 Å². The third-order valence-corrected chi connectivity index (χ3v) is 5.80. The van der Waals surface area contributed by atoms with Gasteiger partial charge in [-0.05, 0) is 49.7 Å². The number of primary amides is 1. The number of carbonyl (C=O) groups is 3. The number of halogens is 1. The highest BCUT2D eigenvalue weighted by Crippen LogP contribution is 2.35. The molecule has 156 valence electrons. The van der Waals surface area contributed by atoms with Crippen LogP contribution in [0.5, 0.6) is 0 Å². The number of benzene rings is 1. The van der Waals surface area contributed by atoms with Crippen LogP contribution in [0.15, 0.2) is 23.1 Å². The van der Waals surface area contributed by atoms with Crippen molar-refractivity contribution < 1.29 is 19.1 Å². The Bertz CT molecular complexity index is 832. The molecule has 29 heavy (non-hydrogen) atoms. The van der Waals surface area contributed by atoms with Crippen molar-refractivity contribution in [3.05, 3.63) is 33.7 Å². The Hall–Kier alpha value is -2.23. The first-order valence-electron chi connectivity index (χ1n) is 9.38. The summed E-state index contributed by atoms with van der Waals surface area (Å²) in [6.45, 7) is 2.61. The molecule has 8 nitrogen and oxygen atoms in total. The second-order valence-electron chi connectivity index (χ2n) is 6.79. The molecule has 1 aromatic rings. The molecule has 2 heterocycles. The van der Waals surface area contributed by atoms with E-state index in [0.717, 1.165) is 48.9 Å². The summed E-state index contributed by atoms with van der Waals surface area (Å²) >= 11 is 7.40. The number of imide groups is 1. The molecular weight excluding hydrogens is 416 g/mol. The van der Waals surface area contributed by atoms with Crippen molar-refractivity contribution >= 4 is 52.4 Å². The monoisotopic (exact) mass is 438 g/mol. The number of rotatable bonds is 7. The Morgan fingerprint density at radius 3 is 3.00 bits per heavy atom. The maximum atomic E-state index is 11.9. The minimum absolute atomic E-state index is 0.264. The first-order valence-corrected chi connectivity index (χ1v) is 10.6. The second-order valence-corrected chi connectivity index (χ2v) is 8.21. The van der Waals surface area contributed by atoms with Gasteiger partial charge in [-0.2, -0.15) is 0 Å². The molecule has 2 aliphatic rings. The molecule has 2 saturated heterocycles. The molecule has 4 N–H and O–H groups in total. The molecule has 3 amide bonds. The number of hydrogen-bond acceptors (Lipinski definition) is 7. The number of hydrogen-bond donors (Lipinski definition) is 3. The number of nitrogens with one attached hydrogen (secondary N) is 2. The molecular formula is C19H23ClN4O4S. The minimum Gasteiger partial charge on any atom is -0.450 e. The van der Waals surface area contributed by atoms with E-state index in [0.29, 0.717) is 29.5 Å². The third kappa shape index (κ3) is 5.88. The summed E-state index contributed by atoms with van der Waals surface area (Å²) in [6, 6.07) is 5.81. The summed E-state index contributed by atoms with van der Waals surface area (Å²) in [5.41, 5.74) is 6.62. The first kappa shape index (κ1) is 21.5. The predicted octanol–water partition coefficient (Wildman–Crippen LogP) is 2.71. The van der Waals surface area contributed by atoms with Crippen molar-refractivity contribution in [1.82, 2.24) is 10.6 Å². The Labute approximate surface area is 178 Å². The van der Waals surface area contributed by atoms with Crippen LogP contribution in [0.1, 0.15) is 24.8 Å². The Kier molecular flexibility index (Phi) is 7.40. The van der Waals surface area contributed by atoms with Gasteiger partial charge in [0, 0.05) is 24.7 Å². The summed E-state index contributed by atoms with van der Waals surface area (Å²) in [6.07, 6.45) is 3.66. The smallest absolute Gasteiger partial charge is 0.404 e. The lowest BCUT2D eigenvalue weighted by Gasteiger charge is -2.36. The second kappa shape index (κ2) is 10.00.